The van der Waals surface area contributed by atoms with Crippen LogP contribution in [0, 0.1) is 0 Å². The topological polar surface area (TPSA) is 62.5 Å². The second-order valence-corrected chi connectivity index (χ2v) is 5.05. The van der Waals surface area contributed by atoms with Gasteiger partial charge < -0.3 is 10.4 Å². The quantitative estimate of drug-likeness (QED) is 0.771. The lowest BCUT2D eigenvalue weighted by Gasteiger charge is -2.17. The minimum Gasteiger partial charge on any atom is -0.508 e. The number of hydrogen-bond acceptors (Lipinski definition) is 4. The van der Waals surface area contributed by atoms with E-state index < -0.39 is 0 Å². The fourth-order valence-electron chi connectivity index (χ4n) is 2.32. The molecule has 0 unspecified atom stereocenters. The number of benzene rings is 1. The van der Waals surface area contributed by atoms with Crippen molar-refractivity contribution in [3.63, 3.8) is 0 Å². The largest absolute Gasteiger partial charge is 0.508 e. The number of nitrogens with zero attached hydrogens (tertiary/aromatic N) is 3. The first-order valence-electron chi connectivity index (χ1n) is 7.06. The van der Waals surface area contributed by atoms with E-state index in [1.807, 2.05) is 24.3 Å². The first kappa shape index (κ1) is 13.4. The molecule has 0 spiro atoms. The molecule has 2 N–H and O–H groups in total. The van der Waals surface area contributed by atoms with Crippen molar-refractivity contribution < 1.29 is 5.11 Å². The van der Waals surface area contributed by atoms with Gasteiger partial charge >= 0.3 is 0 Å². The maximum Gasteiger partial charge on any atom is 0.157 e. The molecule has 3 rings (SSSR count). The molecule has 108 valence electrons. The SMILES string of the molecule is CCc1cc(N[C@@H](C)c2ccc(O)cc2)n2nccc2n1. The van der Waals surface area contributed by atoms with Gasteiger partial charge in [-0.2, -0.15) is 9.61 Å². The fraction of sp³-hybridized carbons (Fsp3) is 0.250. The Hall–Kier alpha value is -2.56. The van der Waals surface area contributed by atoms with Crippen LogP contribution in [-0.4, -0.2) is 19.7 Å². The summed E-state index contributed by atoms with van der Waals surface area (Å²) in [4.78, 5) is 4.53. The third-order valence-electron chi connectivity index (χ3n) is 3.53. The highest BCUT2D eigenvalue weighted by molar-refractivity contribution is 5.50. The van der Waals surface area contributed by atoms with Crippen molar-refractivity contribution in [1.29, 1.82) is 0 Å². The molecule has 0 saturated carbocycles. The van der Waals surface area contributed by atoms with E-state index in [0.29, 0.717) is 0 Å². The number of anilines is 1. The monoisotopic (exact) mass is 282 g/mol. The summed E-state index contributed by atoms with van der Waals surface area (Å²) in [6.07, 6.45) is 2.63. The van der Waals surface area contributed by atoms with Gasteiger partial charge in [0.25, 0.3) is 0 Å². The highest BCUT2D eigenvalue weighted by atomic mass is 16.3. The van der Waals surface area contributed by atoms with Crippen LogP contribution in [0.1, 0.15) is 31.1 Å². The minimum absolute atomic E-state index is 0.102. The van der Waals surface area contributed by atoms with Crippen LogP contribution < -0.4 is 5.32 Å². The Labute approximate surface area is 123 Å². The fourth-order valence-corrected chi connectivity index (χ4v) is 2.32. The van der Waals surface area contributed by atoms with E-state index in [-0.39, 0.29) is 11.8 Å². The number of fused-ring (bicyclic) bond motifs is 1. The van der Waals surface area contributed by atoms with Crippen LogP contribution in [0.5, 0.6) is 5.75 Å². The third kappa shape index (κ3) is 2.67. The Morgan fingerprint density at radius 2 is 2.00 bits per heavy atom. The number of nitrogens with one attached hydrogen (secondary N) is 1. The van der Waals surface area contributed by atoms with E-state index in [9.17, 15) is 5.11 Å². The molecule has 0 aliphatic heterocycles. The minimum atomic E-state index is 0.102. The molecule has 2 heterocycles. The zero-order valence-electron chi connectivity index (χ0n) is 12.1. The molecule has 1 atom stereocenters. The summed E-state index contributed by atoms with van der Waals surface area (Å²) in [7, 11) is 0. The van der Waals surface area contributed by atoms with E-state index in [1.54, 1.807) is 22.8 Å². The number of phenols is 1. The molecule has 0 amide bonds. The Kier molecular flexibility index (Phi) is 3.48. The van der Waals surface area contributed by atoms with Crippen LogP contribution in [0.3, 0.4) is 0 Å². The first-order chi connectivity index (χ1) is 10.2. The van der Waals surface area contributed by atoms with Crippen molar-refractivity contribution >= 4 is 11.5 Å². The predicted octanol–water partition coefficient (Wildman–Crippen LogP) is 3.17. The molecule has 5 nitrogen and oxygen atoms in total. The number of aromatic hydroxyl groups is 1. The molecule has 0 saturated heterocycles. The van der Waals surface area contributed by atoms with Gasteiger partial charge in [-0.3, -0.25) is 0 Å². The predicted molar refractivity (Wildman–Crippen MR) is 82.5 cm³/mol. The lowest BCUT2D eigenvalue weighted by molar-refractivity contribution is 0.475. The molecule has 2 aromatic heterocycles. The standard InChI is InChI=1S/C16H18N4O/c1-3-13-10-16(20-15(19-13)8-9-17-20)18-11(2)12-4-6-14(21)7-5-12/h4-11,18,21H,3H2,1-2H3/t11-/m0/s1. The maximum absolute atomic E-state index is 9.37. The molecule has 0 fully saturated rings. The third-order valence-corrected chi connectivity index (χ3v) is 3.53. The summed E-state index contributed by atoms with van der Waals surface area (Å²) in [6, 6.07) is 11.2. The lowest BCUT2D eigenvalue weighted by atomic mass is 10.1. The van der Waals surface area contributed by atoms with Crippen LogP contribution in [0.2, 0.25) is 0 Å². The Bertz CT molecular complexity index is 749. The Morgan fingerprint density at radius 1 is 1.24 bits per heavy atom. The summed E-state index contributed by atoms with van der Waals surface area (Å²) >= 11 is 0. The van der Waals surface area contributed by atoms with E-state index >= 15 is 0 Å². The van der Waals surface area contributed by atoms with Gasteiger partial charge in [0, 0.05) is 23.9 Å². The van der Waals surface area contributed by atoms with Crippen molar-refractivity contribution in [3.8, 4) is 5.75 Å². The maximum atomic E-state index is 9.37. The van der Waals surface area contributed by atoms with Gasteiger partial charge in [0.15, 0.2) is 5.65 Å². The smallest absolute Gasteiger partial charge is 0.157 e. The van der Waals surface area contributed by atoms with Crippen LogP contribution in [-0.2, 0) is 6.42 Å². The van der Waals surface area contributed by atoms with Gasteiger partial charge in [0.2, 0.25) is 0 Å². The van der Waals surface area contributed by atoms with E-state index in [2.05, 4.69) is 29.2 Å². The average Bonchev–Trinajstić information content (AvgIpc) is 2.96. The molecule has 3 aromatic rings. The van der Waals surface area contributed by atoms with Gasteiger partial charge in [0.05, 0.1) is 6.20 Å². The normalized spacial score (nSPS) is 12.5. The summed E-state index contributed by atoms with van der Waals surface area (Å²) in [6.45, 7) is 4.16. The molecule has 0 aliphatic rings. The number of phenolic OH excluding ortho intramolecular Hbond substituents is 1. The second kappa shape index (κ2) is 5.44. The van der Waals surface area contributed by atoms with Crippen LogP contribution in [0.4, 0.5) is 5.82 Å². The molecule has 21 heavy (non-hydrogen) atoms. The molecule has 5 heteroatoms. The molecule has 0 aliphatic carbocycles. The van der Waals surface area contributed by atoms with Crippen molar-refractivity contribution in [2.75, 3.05) is 5.32 Å². The Balaban J connectivity index is 1.93. The number of aromatic nitrogens is 3. The zero-order chi connectivity index (χ0) is 14.8. The molecular formula is C16H18N4O. The number of aryl methyl sites for hydroxylation is 1. The van der Waals surface area contributed by atoms with E-state index in [0.717, 1.165) is 29.1 Å². The van der Waals surface area contributed by atoms with E-state index in [4.69, 9.17) is 0 Å². The van der Waals surface area contributed by atoms with Crippen LogP contribution in [0.25, 0.3) is 5.65 Å². The van der Waals surface area contributed by atoms with Crippen molar-refractivity contribution in [2.24, 2.45) is 0 Å². The number of hydrogen-bond donors (Lipinski definition) is 2. The Morgan fingerprint density at radius 3 is 2.71 bits per heavy atom. The van der Waals surface area contributed by atoms with Gasteiger partial charge in [-0.1, -0.05) is 19.1 Å². The molecular weight excluding hydrogens is 264 g/mol. The number of rotatable bonds is 4. The highest BCUT2D eigenvalue weighted by Crippen LogP contribution is 2.22. The lowest BCUT2D eigenvalue weighted by Crippen LogP contribution is -2.11. The second-order valence-electron chi connectivity index (χ2n) is 5.05. The highest BCUT2D eigenvalue weighted by Gasteiger charge is 2.10. The van der Waals surface area contributed by atoms with Crippen LogP contribution in [0.15, 0.2) is 42.6 Å². The zero-order valence-corrected chi connectivity index (χ0v) is 12.1. The van der Waals surface area contributed by atoms with Gasteiger partial charge in [-0.25, -0.2) is 4.98 Å². The molecule has 0 bridgehead atoms. The van der Waals surface area contributed by atoms with Gasteiger partial charge in [0.1, 0.15) is 11.6 Å². The van der Waals surface area contributed by atoms with Gasteiger partial charge in [-0.05, 0) is 31.0 Å². The van der Waals surface area contributed by atoms with Crippen molar-refractivity contribution in [1.82, 2.24) is 14.6 Å². The van der Waals surface area contributed by atoms with Crippen molar-refractivity contribution in [2.45, 2.75) is 26.3 Å². The summed E-state index contributed by atoms with van der Waals surface area (Å²) in [5.41, 5.74) is 2.97. The van der Waals surface area contributed by atoms with Gasteiger partial charge in [-0.15, -0.1) is 0 Å². The average molecular weight is 282 g/mol. The van der Waals surface area contributed by atoms with E-state index in [1.165, 1.54) is 0 Å². The first-order valence-corrected chi connectivity index (χ1v) is 7.06. The molecule has 0 radical (unpaired) electrons. The van der Waals surface area contributed by atoms with Crippen LogP contribution >= 0.6 is 0 Å². The molecule has 1 aromatic carbocycles. The van der Waals surface area contributed by atoms with Crippen molar-refractivity contribution in [3.05, 3.63) is 53.9 Å². The summed E-state index contributed by atoms with van der Waals surface area (Å²) < 4.78 is 1.80. The summed E-state index contributed by atoms with van der Waals surface area (Å²) in [5.74, 6) is 1.19. The summed E-state index contributed by atoms with van der Waals surface area (Å²) in [5, 5.41) is 17.1.